The number of carbonyl (C=O) groups excluding carboxylic acids is 1. The molecule has 1 fully saturated rings. The van der Waals surface area contributed by atoms with Crippen LogP contribution in [0.2, 0.25) is 0 Å². The van der Waals surface area contributed by atoms with Crippen LogP contribution in [0.5, 0.6) is 0 Å². The molecule has 48 heavy (non-hydrogen) atoms. The Labute approximate surface area is 277 Å². The number of nitrogens with zero attached hydrogens (tertiary/aromatic N) is 7. The molecule has 6 rings (SSSR count). The van der Waals surface area contributed by atoms with Gasteiger partial charge in [-0.1, -0.05) is 36.4 Å². The molecule has 14 heteroatoms. The van der Waals surface area contributed by atoms with Crippen LogP contribution in [0.3, 0.4) is 0 Å². The zero-order valence-corrected chi connectivity index (χ0v) is 26.8. The van der Waals surface area contributed by atoms with Crippen LogP contribution in [-0.2, 0) is 24.3 Å². The topological polar surface area (TPSA) is 143 Å². The summed E-state index contributed by atoms with van der Waals surface area (Å²) in [5.41, 5.74) is 4.60. The smallest absolute Gasteiger partial charge is 0.244 e. The second-order valence-corrected chi connectivity index (χ2v) is 11.8. The van der Waals surface area contributed by atoms with Crippen molar-refractivity contribution >= 4 is 46.2 Å². The van der Waals surface area contributed by atoms with Crippen LogP contribution < -0.4 is 21.3 Å². The molecule has 3 heterocycles. The van der Waals surface area contributed by atoms with Crippen molar-refractivity contribution in [2.75, 3.05) is 56.2 Å². The number of amides is 1. The van der Waals surface area contributed by atoms with E-state index in [1.165, 1.54) is 17.0 Å². The van der Waals surface area contributed by atoms with E-state index in [9.17, 15) is 9.18 Å². The molecule has 1 aliphatic heterocycles. The molecule has 0 saturated carbocycles. The van der Waals surface area contributed by atoms with Gasteiger partial charge in [0.05, 0.1) is 24.2 Å². The second kappa shape index (κ2) is 14.8. The molecule has 13 nitrogen and oxygen atoms in total. The standard InChI is InChI=1S/C34H37FN12O/c1-36-25-10-7-22(8-11-25)18-29(31(48)46(2)3)42-34-44-32(38-20-30-40-27-12-9-24(35)19-28(27)41-30)43-33(45-34)39-26-6-4-5-23(17-26)21-47-15-13-37-14-16-47/h4-12,17,19,29,37H,13-16,18,20-21H2,2-3H3,(H,40,41)(H3,38,39,42,43,44,45)/t29-/m0/s1. The number of aromatic nitrogens is 5. The summed E-state index contributed by atoms with van der Waals surface area (Å²) < 4.78 is 13.7. The van der Waals surface area contributed by atoms with Gasteiger partial charge in [0.1, 0.15) is 17.7 Å². The maximum Gasteiger partial charge on any atom is 0.244 e. The Hall–Kier alpha value is -5.65. The Morgan fingerprint density at radius 2 is 1.75 bits per heavy atom. The Kier molecular flexibility index (Phi) is 9.99. The zero-order chi connectivity index (χ0) is 33.5. The van der Waals surface area contributed by atoms with E-state index < -0.39 is 6.04 Å². The highest BCUT2D eigenvalue weighted by atomic mass is 19.1. The third-order valence-corrected chi connectivity index (χ3v) is 7.89. The molecule has 3 aromatic carbocycles. The fraction of sp³-hybridized carbons (Fsp3) is 0.294. The van der Waals surface area contributed by atoms with Crippen molar-refractivity contribution in [3.8, 4) is 0 Å². The van der Waals surface area contributed by atoms with Gasteiger partial charge in [-0.3, -0.25) is 9.69 Å². The number of imidazole rings is 1. The minimum atomic E-state index is -0.700. The molecular weight excluding hydrogens is 611 g/mol. The van der Waals surface area contributed by atoms with E-state index >= 15 is 0 Å². The van der Waals surface area contributed by atoms with Gasteiger partial charge in [0.25, 0.3) is 0 Å². The first-order chi connectivity index (χ1) is 23.3. The Morgan fingerprint density at radius 3 is 2.52 bits per heavy atom. The summed E-state index contributed by atoms with van der Waals surface area (Å²) in [6.45, 7) is 12.2. The summed E-state index contributed by atoms with van der Waals surface area (Å²) in [6.07, 6.45) is 0.343. The Balaban J connectivity index is 1.26. The minimum Gasteiger partial charge on any atom is -0.347 e. The predicted octanol–water partition coefficient (Wildman–Crippen LogP) is 4.31. The number of benzene rings is 3. The molecule has 246 valence electrons. The number of rotatable bonds is 12. The number of carbonyl (C=O) groups is 1. The van der Waals surface area contributed by atoms with Gasteiger partial charge in [0.15, 0.2) is 5.69 Å². The number of hydrogen-bond donors (Lipinski definition) is 5. The van der Waals surface area contributed by atoms with Crippen LogP contribution in [0.15, 0.2) is 66.7 Å². The maximum absolute atomic E-state index is 13.7. The molecule has 0 radical (unpaired) electrons. The van der Waals surface area contributed by atoms with E-state index in [1.54, 1.807) is 32.3 Å². The van der Waals surface area contributed by atoms with E-state index in [2.05, 4.69) is 68.1 Å². The number of H-pyrrole nitrogens is 1. The van der Waals surface area contributed by atoms with Crippen LogP contribution >= 0.6 is 0 Å². The lowest BCUT2D eigenvalue weighted by Gasteiger charge is -2.27. The van der Waals surface area contributed by atoms with Gasteiger partial charge >= 0.3 is 0 Å². The normalized spacial score (nSPS) is 13.9. The largest absolute Gasteiger partial charge is 0.347 e. The number of piperazine rings is 1. The molecule has 0 spiro atoms. The van der Waals surface area contributed by atoms with Gasteiger partial charge in [-0.05, 0) is 41.5 Å². The summed E-state index contributed by atoms with van der Waals surface area (Å²) in [4.78, 5) is 42.2. The molecule has 0 bridgehead atoms. The van der Waals surface area contributed by atoms with Crippen molar-refractivity contribution in [1.82, 2.24) is 40.0 Å². The predicted molar refractivity (Wildman–Crippen MR) is 184 cm³/mol. The number of anilines is 4. The first-order valence-corrected chi connectivity index (χ1v) is 15.7. The number of fused-ring (bicyclic) bond motifs is 1. The lowest BCUT2D eigenvalue weighted by molar-refractivity contribution is -0.129. The SMILES string of the molecule is [C-]#[N+]c1ccc(C[C@H](Nc2nc(NCc3nc4ccc(F)cc4[nH]3)nc(Nc3cccc(CN4CCNCC4)c3)n2)C(=O)N(C)C)cc1. The molecule has 0 aliphatic carbocycles. The first-order valence-electron chi connectivity index (χ1n) is 15.7. The summed E-state index contributed by atoms with van der Waals surface area (Å²) in [5.74, 6) is 0.773. The lowest BCUT2D eigenvalue weighted by Crippen LogP contribution is -2.42. The van der Waals surface area contributed by atoms with Gasteiger partial charge in [-0.15, -0.1) is 0 Å². The first kappa shape index (κ1) is 32.3. The molecule has 5 N–H and O–H groups in total. The summed E-state index contributed by atoms with van der Waals surface area (Å²) in [7, 11) is 3.39. The van der Waals surface area contributed by atoms with Gasteiger partial charge in [0, 0.05) is 58.9 Å². The molecule has 1 saturated heterocycles. The van der Waals surface area contributed by atoms with Crippen LogP contribution in [0.1, 0.15) is 17.0 Å². The summed E-state index contributed by atoms with van der Waals surface area (Å²) in [5, 5.41) is 13.1. The molecular formula is C34H37FN12O. The summed E-state index contributed by atoms with van der Waals surface area (Å²) >= 11 is 0. The monoisotopic (exact) mass is 648 g/mol. The van der Waals surface area contributed by atoms with Crippen molar-refractivity contribution in [3.63, 3.8) is 0 Å². The van der Waals surface area contributed by atoms with Gasteiger partial charge in [-0.25, -0.2) is 14.2 Å². The van der Waals surface area contributed by atoms with E-state index in [1.807, 2.05) is 24.3 Å². The molecule has 0 unspecified atom stereocenters. The maximum atomic E-state index is 13.7. The van der Waals surface area contributed by atoms with Crippen LogP contribution in [0.4, 0.5) is 33.6 Å². The van der Waals surface area contributed by atoms with Gasteiger partial charge in [-0.2, -0.15) is 15.0 Å². The zero-order valence-electron chi connectivity index (χ0n) is 26.8. The Bertz CT molecular complexity index is 1910. The molecule has 5 aromatic rings. The highest BCUT2D eigenvalue weighted by Gasteiger charge is 2.23. The van der Waals surface area contributed by atoms with Crippen molar-refractivity contribution in [2.24, 2.45) is 0 Å². The van der Waals surface area contributed by atoms with Gasteiger partial charge < -0.3 is 31.2 Å². The number of nitrogens with one attached hydrogen (secondary N) is 5. The van der Waals surface area contributed by atoms with Crippen LogP contribution in [0.25, 0.3) is 15.9 Å². The van der Waals surface area contributed by atoms with E-state index in [0.717, 1.165) is 49.5 Å². The highest BCUT2D eigenvalue weighted by molar-refractivity contribution is 5.84. The quantitative estimate of drug-likeness (QED) is 0.124. The fourth-order valence-electron chi connectivity index (χ4n) is 5.47. The fourth-order valence-corrected chi connectivity index (χ4v) is 5.47. The number of hydrogen-bond acceptors (Lipinski definition) is 10. The van der Waals surface area contributed by atoms with E-state index in [4.69, 9.17) is 6.57 Å². The number of aromatic amines is 1. The number of likely N-dealkylation sites (N-methyl/N-ethyl adjacent to an activating group) is 1. The highest BCUT2D eigenvalue weighted by Crippen LogP contribution is 2.21. The average Bonchev–Trinajstić information content (AvgIpc) is 3.49. The van der Waals surface area contributed by atoms with E-state index in [0.29, 0.717) is 29.0 Å². The van der Waals surface area contributed by atoms with E-state index in [-0.39, 0.29) is 36.1 Å². The van der Waals surface area contributed by atoms with Crippen LogP contribution in [0, 0.1) is 12.4 Å². The average molecular weight is 649 g/mol. The van der Waals surface area contributed by atoms with Crippen LogP contribution in [-0.4, -0.2) is 86.9 Å². The molecule has 1 atom stereocenters. The summed E-state index contributed by atoms with van der Waals surface area (Å²) in [6, 6.07) is 18.9. The third kappa shape index (κ3) is 8.38. The minimum absolute atomic E-state index is 0.163. The molecule has 1 amide bonds. The molecule has 1 aliphatic rings. The van der Waals surface area contributed by atoms with Crippen molar-refractivity contribution in [1.29, 1.82) is 0 Å². The van der Waals surface area contributed by atoms with Crippen molar-refractivity contribution < 1.29 is 9.18 Å². The number of halogens is 1. The van der Waals surface area contributed by atoms with Gasteiger partial charge in [0.2, 0.25) is 23.8 Å². The second-order valence-electron chi connectivity index (χ2n) is 11.8. The lowest BCUT2D eigenvalue weighted by atomic mass is 10.0. The van der Waals surface area contributed by atoms with Crippen molar-refractivity contribution in [3.05, 3.63) is 101 Å². The third-order valence-electron chi connectivity index (χ3n) is 7.89. The Morgan fingerprint density at radius 1 is 0.979 bits per heavy atom. The molecule has 2 aromatic heterocycles. The van der Waals surface area contributed by atoms with Crippen molar-refractivity contribution in [2.45, 2.75) is 25.6 Å².